The van der Waals surface area contributed by atoms with Gasteiger partial charge in [-0.05, 0) is 43.2 Å². The Kier molecular flexibility index (Phi) is 5.21. The van der Waals surface area contributed by atoms with Crippen LogP contribution in [0.25, 0.3) is 0 Å². The zero-order valence-electron chi connectivity index (χ0n) is 13.2. The van der Waals surface area contributed by atoms with E-state index in [-0.39, 0.29) is 16.1 Å². The van der Waals surface area contributed by atoms with E-state index in [4.69, 9.17) is 10.00 Å². The lowest BCUT2D eigenvalue weighted by atomic mass is 10.2. The highest BCUT2D eigenvalue weighted by Crippen LogP contribution is 2.23. The number of rotatable bonds is 5. The summed E-state index contributed by atoms with van der Waals surface area (Å²) in [4.78, 5) is 12.1. The Morgan fingerprint density at radius 1 is 1.21 bits per heavy atom. The van der Waals surface area contributed by atoms with Gasteiger partial charge in [-0.2, -0.15) is 5.26 Å². The molecule has 0 spiro atoms. The van der Waals surface area contributed by atoms with Gasteiger partial charge in [0.2, 0.25) is 0 Å². The minimum absolute atomic E-state index is 0.0432. The minimum atomic E-state index is -3.87. The summed E-state index contributed by atoms with van der Waals surface area (Å²) in [6.45, 7) is 3.09. The van der Waals surface area contributed by atoms with Gasteiger partial charge in [-0.1, -0.05) is 24.3 Å². The molecule has 2 rings (SSSR count). The lowest BCUT2D eigenvalue weighted by Crippen LogP contribution is -2.17. The van der Waals surface area contributed by atoms with Crippen molar-refractivity contribution < 1.29 is 17.9 Å². The van der Waals surface area contributed by atoms with Crippen molar-refractivity contribution in [2.45, 2.75) is 18.7 Å². The Hall–Kier alpha value is -2.85. The summed E-state index contributed by atoms with van der Waals surface area (Å²) in [6, 6.07) is 12.9. The molecule has 0 radical (unpaired) electrons. The zero-order valence-corrected chi connectivity index (χ0v) is 14.1. The van der Waals surface area contributed by atoms with Gasteiger partial charge >= 0.3 is 5.97 Å². The second-order valence-electron chi connectivity index (χ2n) is 5.15. The number of carbonyl (C=O) groups excluding carboxylic acids is 1. The molecule has 0 aliphatic rings. The summed E-state index contributed by atoms with van der Waals surface area (Å²) in [5, 5.41) is 8.48. The van der Waals surface area contributed by atoms with Crippen LogP contribution in [0.2, 0.25) is 0 Å². The van der Waals surface area contributed by atoms with Crippen LogP contribution in [-0.2, 0) is 14.8 Å². The first kappa shape index (κ1) is 17.5. The Labute approximate surface area is 140 Å². The first-order valence-corrected chi connectivity index (χ1v) is 8.56. The van der Waals surface area contributed by atoms with Crippen molar-refractivity contribution in [3.8, 4) is 6.07 Å². The Morgan fingerprint density at radius 2 is 1.92 bits per heavy atom. The average Bonchev–Trinajstić information content (AvgIpc) is 2.55. The number of ether oxygens (including phenoxy) is 1. The monoisotopic (exact) mass is 344 g/mol. The summed E-state index contributed by atoms with van der Waals surface area (Å²) in [6.07, 6.45) is 0. The van der Waals surface area contributed by atoms with Gasteiger partial charge in [0.25, 0.3) is 10.0 Å². The van der Waals surface area contributed by atoms with E-state index in [1.54, 1.807) is 44.2 Å². The largest absolute Gasteiger partial charge is 0.447 e. The van der Waals surface area contributed by atoms with Crippen molar-refractivity contribution in [2.24, 2.45) is 0 Å². The molecule has 2 aromatic rings. The Bertz CT molecular complexity index is 914. The number of nitrogens with one attached hydrogen (secondary N) is 1. The van der Waals surface area contributed by atoms with Crippen molar-refractivity contribution in [1.29, 1.82) is 5.26 Å². The molecule has 0 saturated carbocycles. The van der Waals surface area contributed by atoms with Gasteiger partial charge in [-0.3, -0.25) is 4.72 Å². The van der Waals surface area contributed by atoms with E-state index in [0.29, 0.717) is 5.56 Å². The van der Waals surface area contributed by atoms with Gasteiger partial charge in [0.15, 0.2) is 6.61 Å². The van der Waals surface area contributed by atoms with Gasteiger partial charge < -0.3 is 4.74 Å². The van der Waals surface area contributed by atoms with E-state index < -0.39 is 22.6 Å². The number of para-hydroxylation sites is 1. The van der Waals surface area contributed by atoms with E-state index in [1.807, 2.05) is 6.07 Å². The van der Waals surface area contributed by atoms with Gasteiger partial charge in [-0.25, -0.2) is 13.2 Å². The van der Waals surface area contributed by atoms with E-state index in [2.05, 4.69) is 4.72 Å². The highest BCUT2D eigenvalue weighted by Gasteiger charge is 2.21. The molecular weight excluding hydrogens is 328 g/mol. The third-order valence-electron chi connectivity index (χ3n) is 3.29. The summed E-state index contributed by atoms with van der Waals surface area (Å²) >= 11 is 0. The number of carbonyl (C=O) groups is 1. The fraction of sp³-hybridized carbons (Fsp3) is 0.176. The standard InChI is InChI=1S/C17H16N2O4S/c1-12-7-8-13(2)16(11-12)24(21,22)19-15-6-4-3-5-14(15)17(20)23-10-9-18/h3-8,11,19H,10H2,1-2H3. The molecule has 0 aliphatic heterocycles. The molecule has 2 aromatic carbocycles. The van der Waals surface area contributed by atoms with Crippen LogP contribution >= 0.6 is 0 Å². The SMILES string of the molecule is Cc1ccc(C)c(S(=O)(=O)Nc2ccccc2C(=O)OCC#N)c1. The van der Waals surface area contributed by atoms with Gasteiger partial charge in [0.05, 0.1) is 16.1 Å². The van der Waals surface area contributed by atoms with E-state index >= 15 is 0 Å². The van der Waals surface area contributed by atoms with E-state index in [9.17, 15) is 13.2 Å². The van der Waals surface area contributed by atoms with Crippen LogP contribution in [-0.4, -0.2) is 21.0 Å². The smallest absolute Gasteiger partial charge is 0.341 e. The molecule has 6 nitrogen and oxygen atoms in total. The molecule has 0 fully saturated rings. The van der Waals surface area contributed by atoms with Crippen molar-refractivity contribution >= 4 is 21.7 Å². The third-order valence-corrected chi connectivity index (χ3v) is 4.80. The van der Waals surface area contributed by atoms with Gasteiger partial charge in [-0.15, -0.1) is 0 Å². The van der Waals surface area contributed by atoms with Crippen LogP contribution in [0.3, 0.4) is 0 Å². The maximum atomic E-state index is 12.6. The first-order valence-electron chi connectivity index (χ1n) is 7.08. The van der Waals surface area contributed by atoms with Gasteiger partial charge in [0, 0.05) is 0 Å². The first-order chi connectivity index (χ1) is 11.3. The molecule has 24 heavy (non-hydrogen) atoms. The molecule has 0 aliphatic carbocycles. The molecule has 7 heteroatoms. The van der Waals surface area contributed by atoms with Crippen LogP contribution in [0.15, 0.2) is 47.4 Å². The topological polar surface area (TPSA) is 96.3 Å². The fourth-order valence-corrected chi connectivity index (χ4v) is 3.53. The maximum absolute atomic E-state index is 12.6. The maximum Gasteiger partial charge on any atom is 0.341 e. The summed E-state index contributed by atoms with van der Waals surface area (Å²) in [7, 11) is -3.87. The lowest BCUT2D eigenvalue weighted by molar-refractivity contribution is 0.0556. The van der Waals surface area contributed by atoms with Gasteiger partial charge in [0.1, 0.15) is 6.07 Å². The lowest BCUT2D eigenvalue weighted by Gasteiger charge is -2.13. The van der Waals surface area contributed by atoms with Crippen LogP contribution in [0, 0.1) is 25.2 Å². The molecule has 1 N–H and O–H groups in total. The Morgan fingerprint density at radius 3 is 2.62 bits per heavy atom. The highest BCUT2D eigenvalue weighted by atomic mass is 32.2. The summed E-state index contributed by atoms with van der Waals surface area (Å²) < 4.78 is 32.5. The summed E-state index contributed by atoms with van der Waals surface area (Å²) in [5.41, 5.74) is 1.54. The zero-order chi connectivity index (χ0) is 17.7. The molecule has 0 saturated heterocycles. The second-order valence-corrected chi connectivity index (χ2v) is 6.81. The molecule has 0 atom stereocenters. The van der Waals surface area contributed by atoms with E-state index in [1.165, 1.54) is 12.1 Å². The predicted octanol–water partition coefficient (Wildman–Crippen LogP) is 2.78. The van der Waals surface area contributed by atoms with Crippen molar-refractivity contribution in [2.75, 3.05) is 11.3 Å². The second kappa shape index (κ2) is 7.15. The molecule has 0 unspecified atom stereocenters. The molecule has 0 amide bonds. The number of sulfonamides is 1. The number of esters is 1. The molecule has 124 valence electrons. The summed E-state index contributed by atoms with van der Waals surface area (Å²) in [5.74, 6) is -0.768. The number of aryl methyl sites for hydroxylation is 2. The fourth-order valence-electron chi connectivity index (χ4n) is 2.12. The molecular formula is C17H16N2O4S. The number of hydrogen-bond donors (Lipinski definition) is 1. The molecule has 0 heterocycles. The number of nitrogens with zero attached hydrogens (tertiary/aromatic N) is 1. The molecule has 0 bridgehead atoms. The highest BCUT2D eigenvalue weighted by molar-refractivity contribution is 7.92. The number of nitriles is 1. The van der Waals surface area contributed by atoms with Crippen LogP contribution < -0.4 is 4.72 Å². The number of hydrogen-bond acceptors (Lipinski definition) is 5. The van der Waals surface area contributed by atoms with Crippen LogP contribution in [0.4, 0.5) is 5.69 Å². The number of benzene rings is 2. The molecule has 0 aromatic heterocycles. The third kappa shape index (κ3) is 3.91. The number of anilines is 1. The van der Waals surface area contributed by atoms with Crippen LogP contribution in [0.1, 0.15) is 21.5 Å². The van der Waals surface area contributed by atoms with Crippen molar-refractivity contribution in [1.82, 2.24) is 0 Å². The normalized spacial score (nSPS) is 10.7. The van der Waals surface area contributed by atoms with Crippen LogP contribution in [0.5, 0.6) is 0 Å². The Balaban J connectivity index is 2.39. The van der Waals surface area contributed by atoms with E-state index in [0.717, 1.165) is 5.56 Å². The van der Waals surface area contributed by atoms with Crippen molar-refractivity contribution in [3.05, 3.63) is 59.2 Å². The predicted molar refractivity (Wildman–Crippen MR) is 89.1 cm³/mol. The average molecular weight is 344 g/mol. The van der Waals surface area contributed by atoms with Crippen molar-refractivity contribution in [3.63, 3.8) is 0 Å². The minimum Gasteiger partial charge on any atom is -0.447 e. The quantitative estimate of drug-likeness (QED) is 0.841.